The average molecular weight is 357 g/mol. The van der Waals surface area contributed by atoms with Crippen LogP contribution in [0, 0.1) is 10.1 Å². The lowest BCUT2D eigenvalue weighted by Crippen LogP contribution is -1.89. The second-order valence-corrected chi connectivity index (χ2v) is 6.17. The Morgan fingerprint density at radius 1 is 1.20 bits per heavy atom. The van der Waals surface area contributed by atoms with Crippen LogP contribution in [0.15, 0.2) is 58.2 Å². The Bertz CT molecular complexity index is 864. The first-order valence-corrected chi connectivity index (χ1v) is 8.48. The molecule has 1 heterocycles. The predicted octanol–water partition coefficient (Wildman–Crippen LogP) is 3.99. The second-order valence-electron chi connectivity index (χ2n) is 5.13. The van der Waals surface area contributed by atoms with Gasteiger partial charge in [0.2, 0.25) is 5.89 Å². The maximum atomic E-state index is 10.8. The van der Waals surface area contributed by atoms with Gasteiger partial charge in [-0.1, -0.05) is 30.0 Å². The smallest absolute Gasteiger partial charge is 0.276 e. The molecule has 0 atom stereocenters. The number of non-ortho nitro benzene ring substituents is 1. The summed E-state index contributed by atoms with van der Waals surface area (Å²) in [6.45, 7) is 0. The molecule has 25 heavy (non-hydrogen) atoms. The van der Waals surface area contributed by atoms with Crippen molar-refractivity contribution in [3.05, 3.63) is 64.2 Å². The fraction of sp³-hybridized carbons (Fsp3) is 0.176. The predicted molar refractivity (Wildman–Crippen MR) is 93.8 cm³/mol. The number of thioether (sulfide) groups is 1. The molecule has 0 saturated heterocycles. The molecule has 128 valence electrons. The van der Waals surface area contributed by atoms with E-state index < -0.39 is 4.92 Å². The molecule has 0 fully saturated rings. The molecular formula is C17H15N3O4S. The van der Waals surface area contributed by atoms with Crippen LogP contribution in [0.25, 0.3) is 11.5 Å². The molecule has 2 aromatic carbocycles. The first-order chi connectivity index (χ1) is 12.2. The fourth-order valence-electron chi connectivity index (χ4n) is 2.19. The summed E-state index contributed by atoms with van der Waals surface area (Å²) in [5, 5.41) is 19.2. The van der Waals surface area contributed by atoms with Gasteiger partial charge in [0.1, 0.15) is 5.75 Å². The molecule has 0 aliphatic carbocycles. The lowest BCUT2D eigenvalue weighted by Gasteiger charge is -2.02. The number of aromatic nitrogens is 2. The molecule has 0 spiro atoms. The lowest BCUT2D eigenvalue weighted by atomic mass is 10.2. The highest BCUT2D eigenvalue weighted by Gasteiger charge is 2.13. The molecule has 0 radical (unpaired) electrons. The number of nitro groups is 1. The summed E-state index contributed by atoms with van der Waals surface area (Å²) in [6, 6.07) is 14.0. The molecule has 3 rings (SSSR count). The van der Waals surface area contributed by atoms with Gasteiger partial charge in [-0.25, -0.2) is 0 Å². The van der Waals surface area contributed by atoms with Crippen LogP contribution in [-0.2, 0) is 6.42 Å². The van der Waals surface area contributed by atoms with E-state index in [1.54, 1.807) is 19.2 Å². The van der Waals surface area contributed by atoms with Crippen LogP contribution in [0.1, 0.15) is 5.56 Å². The number of nitro benzene ring substituents is 1. The van der Waals surface area contributed by atoms with Crippen LogP contribution in [0.2, 0.25) is 0 Å². The second kappa shape index (κ2) is 7.80. The molecule has 7 nitrogen and oxygen atoms in total. The third kappa shape index (κ3) is 4.36. The normalized spacial score (nSPS) is 10.6. The van der Waals surface area contributed by atoms with Crippen molar-refractivity contribution in [2.45, 2.75) is 11.6 Å². The van der Waals surface area contributed by atoms with Crippen molar-refractivity contribution in [1.29, 1.82) is 0 Å². The summed E-state index contributed by atoms with van der Waals surface area (Å²) in [5.74, 6) is 1.88. The highest BCUT2D eigenvalue weighted by atomic mass is 32.2. The maximum Gasteiger partial charge on any atom is 0.276 e. The van der Waals surface area contributed by atoms with Crippen LogP contribution in [0.5, 0.6) is 5.75 Å². The first kappa shape index (κ1) is 17.0. The zero-order chi connectivity index (χ0) is 17.6. The number of nitrogens with zero attached hydrogens (tertiary/aromatic N) is 3. The third-order valence-corrected chi connectivity index (χ3v) is 4.31. The summed E-state index contributed by atoms with van der Waals surface area (Å²) in [4.78, 5) is 10.4. The summed E-state index contributed by atoms with van der Waals surface area (Å²) >= 11 is 1.45. The minimum atomic E-state index is -0.454. The molecule has 1 aromatic heterocycles. The Balaban J connectivity index is 1.60. The Labute approximate surface area is 148 Å². The molecule has 0 saturated carbocycles. The largest absolute Gasteiger partial charge is 0.497 e. The summed E-state index contributed by atoms with van der Waals surface area (Å²) in [7, 11) is 1.64. The number of hydrogen-bond acceptors (Lipinski definition) is 7. The van der Waals surface area contributed by atoms with Crippen LogP contribution >= 0.6 is 11.8 Å². The number of benzene rings is 2. The van der Waals surface area contributed by atoms with Gasteiger partial charge >= 0.3 is 0 Å². The van der Waals surface area contributed by atoms with Gasteiger partial charge in [0.25, 0.3) is 10.9 Å². The van der Waals surface area contributed by atoms with Gasteiger partial charge in [0, 0.05) is 23.4 Å². The fourth-order valence-corrected chi connectivity index (χ4v) is 2.93. The number of methoxy groups -OCH3 is 1. The lowest BCUT2D eigenvalue weighted by molar-refractivity contribution is -0.384. The summed E-state index contributed by atoms with van der Waals surface area (Å²) in [5.41, 5.74) is 1.71. The van der Waals surface area contributed by atoms with E-state index in [0.29, 0.717) is 10.8 Å². The van der Waals surface area contributed by atoms with Crippen molar-refractivity contribution in [3.8, 4) is 17.2 Å². The van der Waals surface area contributed by atoms with Crippen molar-refractivity contribution >= 4 is 17.4 Å². The van der Waals surface area contributed by atoms with Gasteiger partial charge in [-0.15, -0.1) is 10.2 Å². The average Bonchev–Trinajstić information content (AvgIpc) is 3.11. The third-order valence-electron chi connectivity index (χ3n) is 3.49. The Morgan fingerprint density at radius 3 is 2.72 bits per heavy atom. The molecule has 0 aliphatic heterocycles. The topological polar surface area (TPSA) is 91.3 Å². The standard InChI is InChI=1S/C17H15N3O4S/c1-23-15-7-5-12(6-8-15)9-10-25-17-19-18-16(24-17)13-3-2-4-14(11-13)20(21)22/h2-8,11H,9-10H2,1H3. The van der Waals surface area contributed by atoms with Crippen molar-refractivity contribution in [3.63, 3.8) is 0 Å². The van der Waals surface area contributed by atoms with Crippen LogP contribution < -0.4 is 4.74 Å². The molecular weight excluding hydrogens is 342 g/mol. The number of aryl methyl sites for hydroxylation is 1. The van der Waals surface area contributed by atoms with Crippen molar-refractivity contribution < 1.29 is 14.1 Å². The van der Waals surface area contributed by atoms with E-state index in [1.165, 1.54) is 29.5 Å². The van der Waals surface area contributed by atoms with E-state index in [9.17, 15) is 10.1 Å². The monoisotopic (exact) mass is 357 g/mol. The van der Waals surface area contributed by atoms with Crippen LogP contribution in [0.4, 0.5) is 5.69 Å². The van der Waals surface area contributed by atoms with E-state index >= 15 is 0 Å². The van der Waals surface area contributed by atoms with Crippen LogP contribution in [-0.4, -0.2) is 28.0 Å². The molecule has 0 bridgehead atoms. The number of hydrogen-bond donors (Lipinski definition) is 0. The summed E-state index contributed by atoms with van der Waals surface area (Å²) < 4.78 is 10.7. The quantitative estimate of drug-likeness (QED) is 0.359. The van der Waals surface area contributed by atoms with E-state index in [2.05, 4.69) is 10.2 Å². The SMILES string of the molecule is COc1ccc(CCSc2nnc(-c3cccc([N+](=O)[O-])c3)o2)cc1. The van der Waals surface area contributed by atoms with E-state index in [-0.39, 0.29) is 11.6 Å². The molecule has 0 N–H and O–H groups in total. The molecule has 3 aromatic rings. The summed E-state index contributed by atoms with van der Waals surface area (Å²) in [6.07, 6.45) is 0.850. The van der Waals surface area contributed by atoms with Gasteiger partial charge in [0.05, 0.1) is 12.0 Å². The molecule has 0 amide bonds. The minimum absolute atomic E-state index is 0.00981. The van der Waals surface area contributed by atoms with E-state index in [0.717, 1.165) is 17.9 Å². The van der Waals surface area contributed by atoms with Crippen molar-refractivity contribution in [1.82, 2.24) is 10.2 Å². The number of ether oxygens (including phenoxy) is 1. The molecule has 0 unspecified atom stereocenters. The molecule has 0 aliphatic rings. The van der Waals surface area contributed by atoms with Gasteiger partial charge in [-0.05, 0) is 30.2 Å². The molecule has 8 heteroatoms. The highest BCUT2D eigenvalue weighted by Crippen LogP contribution is 2.26. The van der Waals surface area contributed by atoms with Crippen molar-refractivity contribution in [2.24, 2.45) is 0 Å². The van der Waals surface area contributed by atoms with Gasteiger partial charge < -0.3 is 9.15 Å². The van der Waals surface area contributed by atoms with E-state index in [4.69, 9.17) is 9.15 Å². The Hall–Kier alpha value is -2.87. The van der Waals surface area contributed by atoms with Crippen molar-refractivity contribution in [2.75, 3.05) is 12.9 Å². The maximum absolute atomic E-state index is 10.8. The van der Waals surface area contributed by atoms with Gasteiger partial charge in [-0.2, -0.15) is 0 Å². The Kier molecular flexibility index (Phi) is 5.30. The zero-order valence-corrected chi connectivity index (χ0v) is 14.2. The van der Waals surface area contributed by atoms with Gasteiger partial charge in [0.15, 0.2) is 0 Å². The van der Waals surface area contributed by atoms with Gasteiger partial charge in [-0.3, -0.25) is 10.1 Å². The van der Waals surface area contributed by atoms with Crippen LogP contribution in [0.3, 0.4) is 0 Å². The first-order valence-electron chi connectivity index (χ1n) is 7.50. The van der Waals surface area contributed by atoms with E-state index in [1.807, 2.05) is 24.3 Å². The minimum Gasteiger partial charge on any atom is -0.497 e. The number of rotatable bonds is 7. The Morgan fingerprint density at radius 2 is 2.00 bits per heavy atom. The zero-order valence-electron chi connectivity index (χ0n) is 13.4. The highest BCUT2D eigenvalue weighted by molar-refractivity contribution is 7.99.